The van der Waals surface area contributed by atoms with E-state index in [1.54, 1.807) is 17.3 Å². The molecule has 3 rings (SSSR count). The number of alkyl halides is 3. The summed E-state index contributed by atoms with van der Waals surface area (Å²) in [6.45, 7) is 1.41. The van der Waals surface area contributed by atoms with Gasteiger partial charge < -0.3 is 10.2 Å². The average Bonchev–Trinajstić information content (AvgIpc) is 2.61. The molecule has 2 heterocycles. The van der Waals surface area contributed by atoms with Gasteiger partial charge in [-0.25, -0.2) is 0 Å². The number of hydrogen-bond acceptors (Lipinski definition) is 3. The highest BCUT2D eigenvalue weighted by Gasteiger charge is 2.32. The van der Waals surface area contributed by atoms with E-state index in [-0.39, 0.29) is 11.6 Å². The van der Waals surface area contributed by atoms with Crippen molar-refractivity contribution in [3.05, 3.63) is 65.5 Å². The van der Waals surface area contributed by atoms with Gasteiger partial charge in [-0.2, -0.15) is 13.2 Å². The molecule has 0 saturated carbocycles. The van der Waals surface area contributed by atoms with Crippen LogP contribution in [-0.2, 0) is 6.18 Å². The number of nitrogens with zero attached hydrogens (tertiary/aromatic N) is 2. The first kappa shape index (κ1) is 16.4. The van der Waals surface area contributed by atoms with Gasteiger partial charge >= 0.3 is 6.18 Å². The van der Waals surface area contributed by atoms with Gasteiger partial charge in [0.15, 0.2) is 0 Å². The van der Waals surface area contributed by atoms with Crippen LogP contribution in [0.2, 0.25) is 0 Å². The van der Waals surface area contributed by atoms with Crippen LogP contribution in [0, 0.1) is 0 Å². The quantitative estimate of drug-likeness (QED) is 0.918. The summed E-state index contributed by atoms with van der Waals surface area (Å²) in [5.74, 6) is -0.392. The van der Waals surface area contributed by atoms with Crippen molar-refractivity contribution in [1.82, 2.24) is 15.2 Å². The lowest BCUT2D eigenvalue weighted by Gasteiger charge is -2.34. The molecule has 1 fully saturated rings. The van der Waals surface area contributed by atoms with E-state index < -0.39 is 17.6 Å². The van der Waals surface area contributed by atoms with Gasteiger partial charge in [-0.3, -0.25) is 9.78 Å². The monoisotopic (exact) mass is 335 g/mol. The van der Waals surface area contributed by atoms with Crippen LogP contribution in [0.4, 0.5) is 13.2 Å². The Hall–Kier alpha value is -2.41. The van der Waals surface area contributed by atoms with Crippen LogP contribution in [0.25, 0.3) is 0 Å². The van der Waals surface area contributed by atoms with Crippen molar-refractivity contribution >= 4 is 5.91 Å². The zero-order chi connectivity index (χ0) is 17.2. The van der Waals surface area contributed by atoms with E-state index in [0.29, 0.717) is 19.6 Å². The minimum Gasteiger partial charge on any atom is -0.335 e. The molecular formula is C17H16F3N3O. The van der Waals surface area contributed by atoms with Crippen LogP contribution in [-0.4, -0.2) is 35.4 Å². The maximum Gasteiger partial charge on any atom is 0.416 e. The van der Waals surface area contributed by atoms with Gasteiger partial charge in [-0.1, -0.05) is 12.1 Å². The highest BCUT2D eigenvalue weighted by atomic mass is 19.4. The third kappa shape index (κ3) is 3.56. The largest absolute Gasteiger partial charge is 0.416 e. The fraction of sp³-hybridized carbons (Fsp3) is 0.294. The van der Waals surface area contributed by atoms with Crippen molar-refractivity contribution in [2.75, 3.05) is 19.6 Å². The summed E-state index contributed by atoms with van der Waals surface area (Å²) in [7, 11) is 0. The molecule has 1 aliphatic rings. The summed E-state index contributed by atoms with van der Waals surface area (Å²) in [5.41, 5.74) is 0.183. The van der Waals surface area contributed by atoms with Crippen molar-refractivity contribution in [2.45, 2.75) is 12.2 Å². The third-order valence-corrected chi connectivity index (χ3v) is 3.99. The second-order valence-electron chi connectivity index (χ2n) is 5.62. The number of aromatic nitrogens is 1. The molecule has 0 bridgehead atoms. The summed E-state index contributed by atoms with van der Waals surface area (Å²) in [5, 5.41) is 3.29. The molecule has 4 nitrogen and oxygen atoms in total. The molecule has 0 spiro atoms. The second kappa shape index (κ2) is 6.60. The second-order valence-corrected chi connectivity index (χ2v) is 5.62. The van der Waals surface area contributed by atoms with Gasteiger partial charge in [-0.15, -0.1) is 0 Å². The van der Waals surface area contributed by atoms with Gasteiger partial charge in [0.1, 0.15) is 0 Å². The Kier molecular flexibility index (Phi) is 4.53. The van der Waals surface area contributed by atoms with Crippen molar-refractivity contribution in [3.8, 4) is 0 Å². The smallest absolute Gasteiger partial charge is 0.335 e. The Morgan fingerprint density at radius 2 is 2.08 bits per heavy atom. The van der Waals surface area contributed by atoms with Gasteiger partial charge in [0.05, 0.1) is 11.6 Å². The number of rotatable bonds is 2. The van der Waals surface area contributed by atoms with Crippen molar-refractivity contribution in [1.29, 1.82) is 0 Å². The Labute approximate surface area is 137 Å². The summed E-state index contributed by atoms with van der Waals surface area (Å²) in [6.07, 6.45) is -1.08. The molecule has 2 aromatic rings. The van der Waals surface area contributed by atoms with E-state index in [1.807, 2.05) is 12.1 Å². The molecule has 126 valence electrons. The normalized spacial score (nSPS) is 18.5. The maximum absolute atomic E-state index is 12.8. The highest BCUT2D eigenvalue weighted by molar-refractivity contribution is 5.94. The molecule has 1 saturated heterocycles. The summed E-state index contributed by atoms with van der Waals surface area (Å²) < 4.78 is 38.4. The fourth-order valence-electron chi connectivity index (χ4n) is 2.75. The molecule has 0 unspecified atom stereocenters. The first-order valence-electron chi connectivity index (χ1n) is 7.55. The summed E-state index contributed by atoms with van der Waals surface area (Å²) in [4.78, 5) is 18.2. The number of nitrogens with one attached hydrogen (secondary N) is 1. The van der Waals surface area contributed by atoms with Crippen molar-refractivity contribution in [3.63, 3.8) is 0 Å². The van der Waals surface area contributed by atoms with E-state index >= 15 is 0 Å². The molecule has 0 aliphatic carbocycles. The molecule has 1 amide bonds. The van der Waals surface area contributed by atoms with E-state index in [1.165, 1.54) is 12.1 Å². The SMILES string of the molecule is O=C(c1cccc(C(F)(F)F)c1)N1CCN[C@H](c2cccnc2)C1. The van der Waals surface area contributed by atoms with Gasteiger partial charge in [0.25, 0.3) is 5.91 Å². The van der Waals surface area contributed by atoms with Crippen molar-refractivity contribution < 1.29 is 18.0 Å². The number of amides is 1. The Morgan fingerprint density at radius 1 is 1.25 bits per heavy atom. The van der Waals surface area contributed by atoms with Crippen LogP contribution >= 0.6 is 0 Å². The van der Waals surface area contributed by atoms with Crippen LogP contribution in [0.3, 0.4) is 0 Å². The van der Waals surface area contributed by atoms with Crippen LogP contribution in [0.5, 0.6) is 0 Å². The zero-order valence-electron chi connectivity index (χ0n) is 12.8. The summed E-state index contributed by atoms with van der Waals surface area (Å²) in [6, 6.07) is 8.18. The number of carbonyl (C=O) groups is 1. The predicted molar refractivity (Wildman–Crippen MR) is 82.3 cm³/mol. The van der Waals surface area contributed by atoms with Gasteiger partial charge in [0.2, 0.25) is 0 Å². The first-order valence-corrected chi connectivity index (χ1v) is 7.55. The van der Waals surface area contributed by atoms with E-state index in [2.05, 4.69) is 10.3 Å². The standard InChI is InChI=1S/C17H16F3N3O/c18-17(19,20)14-5-1-3-12(9-14)16(24)23-8-7-22-15(11-23)13-4-2-6-21-10-13/h1-6,9-10,15,22H,7-8,11H2/t15-/m0/s1. The minimum atomic E-state index is -4.46. The molecule has 0 radical (unpaired) electrons. The van der Waals surface area contributed by atoms with Gasteiger partial charge in [0, 0.05) is 37.6 Å². The predicted octanol–water partition coefficient (Wildman–Crippen LogP) is 2.89. The fourth-order valence-corrected chi connectivity index (χ4v) is 2.75. The molecule has 7 heteroatoms. The maximum atomic E-state index is 12.8. The van der Waals surface area contributed by atoms with Crippen LogP contribution < -0.4 is 5.32 Å². The molecular weight excluding hydrogens is 319 g/mol. The van der Waals surface area contributed by atoms with Crippen LogP contribution in [0.15, 0.2) is 48.8 Å². The number of hydrogen-bond donors (Lipinski definition) is 1. The number of carbonyl (C=O) groups excluding carboxylic acids is 1. The molecule has 1 aromatic carbocycles. The lowest BCUT2D eigenvalue weighted by atomic mass is 10.0. The highest BCUT2D eigenvalue weighted by Crippen LogP contribution is 2.30. The molecule has 1 aliphatic heterocycles. The number of benzene rings is 1. The topological polar surface area (TPSA) is 45.2 Å². The zero-order valence-corrected chi connectivity index (χ0v) is 12.8. The van der Waals surface area contributed by atoms with E-state index in [9.17, 15) is 18.0 Å². The Morgan fingerprint density at radius 3 is 2.79 bits per heavy atom. The third-order valence-electron chi connectivity index (χ3n) is 3.99. The lowest BCUT2D eigenvalue weighted by molar-refractivity contribution is -0.137. The van der Waals surface area contributed by atoms with E-state index in [4.69, 9.17) is 0 Å². The first-order chi connectivity index (χ1) is 11.4. The number of halogens is 3. The summed E-state index contributed by atoms with van der Waals surface area (Å²) >= 11 is 0. The Balaban J connectivity index is 1.78. The number of piperazine rings is 1. The van der Waals surface area contributed by atoms with Gasteiger partial charge in [-0.05, 0) is 29.8 Å². The minimum absolute atomic E-state index is 0.0525. The Bertz CT molecular complexity index is 719. The molecule has 1 aromatic heterocycles. The van der Waals surface area contributed by atoms with E-state index in [0.717, 1.165) is 17.7 Å². The molecule has 24 heavy (non-hydrogen) atoms. The average molecular weight is 335 g/mol. The molecule has 1 N–H and O–H groups in total. The number of pyridine rings is 1. The molecule has 1 atom stereocenters. The van der Waals surface area contributed by atoms with Crippen LogP contribution in [0.1, 0.15) is 27.5 Å². The van der Waals surface area contributed by atoms with Crippen molar-refractivity contribution in [2.24, 2.45) is 0 Å². The lowest BCUT2D eigenvalue weighted by Crippen LogP contribution is -2.48.